The van der Waals surface area contributed by atoms with Crippen molar-refractivity contribution >= 4 is 11.4 Å². The van der Waals surface area contributed by atoms with Gasteiger partial charge in [0, 0.05) is 37.1 Å². The second kappa shape index (κ2) is 6.54. The van der Waals surface area contributed by atoms with E-state index in [0.717, 1.165) is 31.7 Å². The van der Waals surface area contributed by atoms with Gasteiger partial charge in [-0.3, -0.25) is 10.1 Å². The van der Waals surface area contributed by atoms with Crippen molar-refractivity contribution in [1.29, 1.82) is 0 Å². The first kappa shape index (κ1) is 16.7. The summed E-state index contributed by atoms with van der Waals surface area (Å²) in [5.74, 6) is 1.36. The molecule has 1 aromatic carbocycles. The minimum absolute atomic E-state index is 0.150. The van der Waals surface area contributed by atoms with Crippen LogP contribution in [0.25, 0.3) is 0 Å². The van der Waals surface area contributed by atoms with Crippen molar-refractivity contribution in [3.05, 3.63) is 39.8 Å². The van der Waals surface area contributed by atoms with Crippen LogP contribution in [0.3, 0.4) is 0 Å². The third kappa shape index (κ3) is 3.09. The average Bonchev–Trinajstić information content (AvgIpc) is 3.37. The summed E-state index contributed by atoms with van der Waals surface area (Å²) in [6, 6.07) is 2.55. The SMILES string of the molecule is COc1cc(F)c([N+](=O)[O-])c(N2CCC(c3noc(C4CC4)n3)CC2)c1. The molecule has 9 heteroatoms. The standard InChI is InChI=1S/C17H19FN4O4/c1-25-12-8-13(18)15(22(23)24)14(9-12)21-6-4-10(5-7-21)16-19-17(26-20-16)11-2-3-11/h8-11H,2-7H2,1H3. The second-order valence-corrected chi connectivity index (χ2v) is 6.76. The smallest absolute Gasteiger partial charge is 0.328 e. The lowest BCUT2D eigenvalue weighted by Crippen LogP contribution is -2.33. The summed E-state index contributed by atoms with van der Waals surface area (Å²) in [5, 5.41) is 15.4. The molecule has 8 nitrogen and oxygen atoms in total. The van der Waals surface area contributed by atoms with Gasteiger partial charge in [0.05, 0.1) is 12.0 Å². The van der Waals surface area contributed by atoms with Gasteiger partial charge >= 0.3 is 5.69 Å². The van der Waals surface area contributed by atoms with Gasteiger partial charge in [0.1, 0.15) is 11.4 Å². The predicted octanol–water partition coefficient (Wildman–Crippen LogP) is 3.39. The van der Waals surface area contributed by atoms with E-state index in [1.807, 2.05) is 4.90 Å². The van der Waals surface area contributed by atoms with E-state index < -0.39 is 16.4 Å². The van der Waals surface area contributed by atoms with Gasteiger partial charge in [-0.15, -0.1) is 0 Å². The molecule has 26 heavy (non-hydrogen) atoms. The lowest BCUT2D eigenvalue weighted by atomic mass is 9.95. The molecule has 0 bridgehead atoms. The fraction of sp³-hybridized carbons (Fsp3) is 0.529. The number of halogens is 1. The molecular weight excluding hydrogens is 343 g/mol. The lowest BCUT2D eigenvalue weighted by molar-refractivity contribution is -0.386. The molecule has 1 aliphatic heterocycles. The first-order chi connectivity index (χ1) is 12.6. The molecule has 2 aliphatic rings. The Morgan fingerprint density at radius 1 is 1.27 bits per heavy atom. The normalized spacial score (nSPS) is 18.2. The fourth-order valence-electron chi connectivity index (χ4n) is 3.39. The van der Waals surface area contributed by atoms with Crippen LogP contribution in [0.4, 0.5) is 15.8 Å². The number of methoxy groups -OCH3 is 1. The first-order valence-electron chi connectivity index (χ1n) is 8.67. The Morgan fingerprint density at radius 3 is 2.62 bits per heavy atom. The highest BCUT2D eigenvalue weighted by Crippen LogP contribution is 2.41. The predicted molar refractivity (Wildman–Crippen MR) is 90.1 cm³/mol. The van der Waals surface area contributed by atoms with Crippen LogP contribution < -0.4 is 9.64 Å². The van der Waals surface area contributed by atoms with Crippen molar-refractivity contribution in [2.75, 3.05) is 25.1 Å². The Bertz CT molecular complexity index is 828. The quantitative estimate of drug-likeness (QED) is 0.594. The van der Waals surface area contributed by atoms with Gasteiger partial charge in [-0.05, 0) is 25.7 Å². The number of nitro groups is 1. The Kier molecular flexibility index (Phi) is 4.21. The maximum absolute atomic E-state index is 14.1. The molecule has 1 aliphatic carbocycles. The molecule has 1 saturated heterocycles. The van der Waals surface area contributed by atoms with Gasteiger partial charge in [0.15, 0.2) is 5.82 Å². The summed E-state index contributed by atoms with van der Waals surface area (Å²) in [6.07, 6.45) is 3.65. The zero-order valence-corrected chi connectivity index (χ0v) is 14.4. The molecule has 0 unspecified atom stereocenters. The maximum Gasteiger partial charge on any atom is 0.328 e. The topological polar surface area (TPSA) is 94.5 Å². The van der Waals surface area contributed by atoms with Crippen molar-refractivity contribution in [3.8, 4) is 5.75 Å². The largest absolute Gasteiger partial charge is 0.497 e. The third-order valence-corrected chi connectivity index (χ3v) is 5.02. The molecule has 138 valence electrons. The van der Waals surface area contributed by atoms with E-state index in [1.165, 1.54) is 13.2 Å². The van der Waals surface area contributed by atoms with Gasteiger partial charge in [0.25, 0.3) is 0 Å². The molecule has 2 heterocycles. The first-order valence-corrected chi connectivity index (χ1v) is 8.67. The number of hydrogen-bond acceptors (Lipinski definition) is 7. The second-order valence-electron chi connectivity index (χ2n) is 6.76. The lowest BCUT2D eigenvalue weighted by Gasteiger charge is -2.32. The summed E-state index contributed by atoms with van der Waals surface area (Å²) < 4.78 is 24.5. The van der Waals surface area contributed by atoms with E-state index in [0.29, 0.717) is 30.7 Å². The molecule has 1 aromatic heterocycles. The maximum atomic E-state index is 14.1. The van der Waals surface area contributed by atoms with Gasteiger partial charge in [-0.25, -0.2) is 0 Å². The van der Waals surface area contributed by atoms with Crippen molar-refractivity contribution in [1.82, 2.24) is 10.1 Å². The number of anilines is 1. The zero-order valence-electron chi connectivity index (χ0n) is 14.4. The molecule has 2 aromatic rings. The van der Waals surface area contributed by atoms with Crippen LogP contribution in [0.2, 0.25) is 0 Å². The molecule has 2 fully saturated rings. The monoisotopic (exact) mass is 362 g/mol. The van der Waals surface area contributed by atoms with Crippen LogP contribution in [-0.4, -0.2) is 35.3 Å². The van der Waals surface area contributed by atoms with E-state index in [9.17, 15) is 14.5 Å². The van der Waals surface area contributed by atoms with E-state index in [4.69, 9.17) is 9.26 Å². The van der Waals surface area contributed by atoms with Crippen LogP contribution in [0.5, 0.6) is 5.75 Å². The highest BCUT2D eigenvalue weighted by Gasteiger charge is 2.33. The van der Waals surface area contributed by atoms with Gasteiger partial charge in [-0.2, -0.15) is 9.37 Å². The third-order valence-electron chi connectivity index (χ3n) is 5.02. The van der Waals surface area contributed by atoms with E-state index in [2.05, 4.69) is 10.1 Å². The van der Waals surface area contributed by atoms with Crippen LogP contribution in [-0.2, 0) is 0 Å². The van der Waals surface area contributed by atoms with Crippen LogP contribution in [0, 0.1) is 15.9 Å². The summed E-state index contributed by atoms with van der Waals surface area (Å²) in [5.41, 5.74) is -0.267. The molecule has 0 atom stereocenters. The van der Waals surface area contributed by atoms with Crippen molar-refractivity contribution < 1.29 is 18.6 Å². The highest BCUT2D eigenvalue weighted by atomic mass is 19.1. The molecule has 0 amide bonds. The Hall–Kier alpha value is -2.71. The van der Waals surface area contributed by atoms with E-state index >= 15 is 0 Å². The molecule has 0 N–H and O–H groups in total. The molecule has 1 saturated carbocycles. The number of ether oxygens (including phenoxy) is 1. The van der Waals surface area contributed by atoms with Crippen LogP contribution in [0.15, 0.2) is 16.7 Å². The number of piperidine rings is 1. The summed E-state index contributed by atoms with van der Waals surface area (Å²) in [7, 11) is 1.41. The summed E-state index contributed by atoms with van der Waals surface area (Å²) in [4.78, 5) is 16.9. The number of nitrogens with zero attached hydrogens (tertiary/aromatic N) is 4. The minimum Gasteiger partial charge on any atom is -0.497 e. The Morgan fingerprint density at radius 2 is 2.00 bits per heavy atom. The van der Waals surface area contributed by atoms with Gasteiger partial charge < -0.3 is 14.2 Å². The zero-order chi connectivity index (χ0) is 18.3. The summed E-state index contributed by atoms with van der Waals surface area (Å²) in [6.45, 7) is 1.09. The number of hydrogen-bond donors (Lipinski definition) is 0. The molecule has 0 radical (unpaired) electrons. The average molecular weight is 362 g/mol. The fourth-order valence-corrected chi connectivity index (χ4v) is 3.39. The molecule has 0 spiro atoms. The minimum atomic E-state index is -0.890. The number of rotatable bonds is 5. The van der Waals surface area contributed by atoms with Crippen molar-refractivity contribution in [2.24, 2.45) is 0 Å². The van der Waals surface area contributed by atoms with Crippen LogP contribution >= 0.6 is 0 Å². The Balaban J connectivity index is 1.52. The van der Waals surface area contributed by atoms with Gasteiger partial charge in [-0.1, -0.05) is 5.16 Å². The van der Waals surface area contributed by atoms with Gasteiger partial charge in [0.2, 0.25) is 11.7 Å². The van der Waals surface area contributed by atoms with Crippen molar-refractivity contribution in [3.63, 3.8) is 0 Å². The Labute approximate surface area is 149 Å². The highest BCUT2D eigenvalue weighted by molar-refractivity contribution is 5.66. The molecular formula is C17H19FN4O4. The number of aromatic nitrogens is 2. The van der Waals surface area contributed by atoms with Crippen molar-refractivity contribution in [2.45, 2.75) is 37.5 Å². The number of nitro benzene ring substituents is 1. The van der Waals surface area contributed by atoms with E-state index in [1.54, 1.807) is 0 Å². The van der Waals surface area contributed by atoms with Crippen LogP contribution in [0.1, 0.15) is 49.2 Å². The number of benzene rings is 1. The molecule has 4 rings (SSSR count). The van der Waals surface area contributed by atoms with E-state index in [-0.39, 0.29) is 17.4 Å². The summed E-state index contributed by atoms with van der Waals surface area (Å²) >= 11 is 0.